The third-order valence-electron chi connectivity index (χ3n) is 6.36. The Labute approximate surface area is 183 Å². The SMILES string of the molecule is CC(CC(C)(C)C)C(C(=O)OOC(=O)C1(C(C)CC(C)(C)C)OO1)C(C)(C)C(C)C. The molecule has 1 rings (SSSR count). The number of carbonyl (C=O) groups excluding carboxylic acids is 2. The zero-order chi connectivity index (χ0) is 23.7. The van der Waals surface area contributed by atoms with Crippen LogP contribution in [0.5, 0.6) is 0 Å². The molecule has 176 valence electrons. The lowest BCUT2D eigenvalue weighted by molar-refractivity contribution is -0.272. The first kappa shape index (κ1) is 26.9. The summed E-state index contributed by atoms with van der Waals surface area (Å²) < 4.78 is 0. The standard InChI is InChI=1S/C24H44O6/c1-15(2)23(11,12)18(16(3)13-21(5,6)7)19(25)27-28-20(26)24(29-30-24)17(4)14-22(8,9)10/h15-18H,13-14H2,1-12H3. The van der Waals surface area contributed by atoms with Gasteiger partial charge < -0.3 is 0 Å². The average molecular weight is 429 g/mol. The fraction of sp³-hybridized carbons (Fsp3) is 0.917. The predicted octanol–water partition coefficient (Wildman–Crippen LogP) is 6.09. The Morgan fingerprint density at radius 3 is 1.63 bits per heavy atom. The quantitative estimate of drug-likeness (QED) is 0.264. The summed E-state index contributed by atoms with van der Waals surface area (Å²) >= 11 is 0. The first-order valence-electron chi connectivity index (χ1n) is 11.1. The summed E-state index contributed by atoms with van der Waals surface area (Å²) in [6.45, 7) is 24.9. The number of hydrogen-bond acceptors (Lipinski definition) is 6. The van der Waals surface area contributed by atoms with Crippen molar-refractivity contribution in [2.45, 2.75) is 102 Å². The van der Waals surface area contributed by atoms with Gasteiger partial charge in [0, 0.05) is 5.92 Å². The zero-order valence-electron chi connectivity index (χ0n) is 21.2. The molecule has 3 atom stereocenters. The van der Waals surface area contributed by atoms with Crippen molar-refractivity contribution in [3.8, 4) is 0 Å². The van der Waals surface area contributed by atoms with Gasteiger partial charge >= 0.3 is 17.7 Å². The van der Waals surface area contributed by atoms with Crippen molar-refractivity contribution in [2.24, 2.45) is 39.9 Å². The second-order valence-corrected chi connectivity index (χ2v) is 12.5. The molecule has 0 spiro atoms. The van der Waals surface area contributed by atoms with Crippen LogP contribution in [0.1, 0.15) is 95.9 Å². The van der Waals surface area contributed by atoms with Crippen LogP contribution in [0.4, 0.5) is 0 Å². The van der Waals surface area contributed by atoms with E-state index in [2.05, 4.69) is 76.2 Å². The van der Waals surface area contributed by atoms with Crippen molar-refractivity contribution in [3.05, 3.63) is 0 Å². The molecule has 6 heteroatoms. The molecule has 0 saturated carbocycles. The lowest BCUT2D eigenvalue weighted by atomic mass is 9.64. The van der Waals surface area contributed by atoms with Crippen LogP contribution in [-0.4, -0.2) is 17.7 Å². The molecule has 0 aromatic rings. The number of rotatable bonds is 8. The predicted molar refractivity (Wildman–Crippen MR) is 116 cm³/mol. The van der Waals surface area contributed by atoms with E-state index < -0.39 is 23.6 Å². The molecule has 1 saturated heterocycles. The van der Waals surface area contributed by atoms with E-state index >= 15 is 0 Å². The third kappa shape index (κ3) is 6.94. The van der Waals surface area contributed by atoms with Crippen LogP contribution in [0.25, 0.3) is 0 Å². The second kappa shape index (κ2) is 9.15. The zero-order valence-corrected chi connectivity index (χ0v) is 21.2. The van der Waals surface area contributed by atoms with Crippen molar-refractivity contribution in [1.82, 2.24) is 0 Å². The minimum absolute atomic E-state index is 0.0204. The van der Waals surface area contributed by atoms with Gasteiger partial charge in [-0.05, 0) is 40.9 Å². The Balaban J connectivity index is 2.91. The second-order valence-electron chi connectivity index (χ2n) is 12.5. The summed E-state index contributed by atoms with van der Waals surface area (Å²) in [5.74, 6) is -3.22. The van der Waals surface area contributed by atoms with Crippen molar-refractivity contribution >= 4 is 11.9 Å². The highest BCUT2D eigenvalue weighted by molar-refractivity contribution is 5.81. The molecule has 3 unspecified atom stereocenters. The Bertz CT molecular complexity index is 604. The highest BCUT2D eigenvalue weighted by Gasteiger charge is 2.64. The largest absolute Gasteiger partial charge is 0.420 e. The summed E-state index contributed by atoms with van der Waals surface area (Å²) in [6, 6.07) is 0. The third-order valence-corrected chi connectivity index (χ3v) is 6.36. The van der Waals surface area contributed by atoms with Gasteiger partial charge in [-0.1, -0.05) is 83.1 Å². The molecule has 0 bridgehead atoms. The van der Waals surface area contributed by atoms with Crippen LogP contribution in [0.2, 0.25) is 0 Å². The topological polar surface area (TPSA) is 77.7 Å². The highest BCUT2D eigenvalue weighted by Crippen LogP contribution is 2.45. The van der Waals surface area contributed by atoms with E-state index in [1.165, 1.54) is 0 Å². The molecule has 0 aliphatic carbocycles. The maximum absolute atomic E-state index is 13.1. The minimum atomic E-state index is -1.49. The van der Waals surface area contributed by atoms with E-state index in [9.17, 15) is 9.59 Å². The number of carbonyl (C=O) groups is 2. The Hall–Kier alpha value is -1.14. The minimum Gasteiger partial charge on any atom is -0.247 e. The normalized spacial score (nSPS) is 19.8. The van der Waals surface area contributed by atoms with E-state index in [-0.39, 0.29) is 34.0 Å². The van der Waals surface area contributed by atoms with E-state index in [1.54, 1.807) is 0 Å². The van der Waals surface area contributed by atoms with Gasteiger partial charge in [0.1, 0.15) is 0 Å². The molecule has 30 heavy (non-hydrogen) atoms. The summed E-state index contributed by atoms with van der Waals surface area (Å²) in [4.78, 5) is 45.8. The average Bonchev–Trinajstić information content (AvgIpc) is 3.30. The molecule has 0 amide bonds. The van der Waals surface area contributed by atoms with Gasteiger partial charge in [0.25, 0.3) is 0 Å². The highest BCUT2D eigenvalue weighted by atomic mass is 17.4. The molecule has 0 aromatic carbocycles. The molecule has 1 heterocycles. The van der Waals surface area contributed by atoms with Crippen LogP contribution in [-0.2, 0) is 29.1 Å². The van der Waals surface area contributed by atoms with Gasteiger partial charge in [0.05, 0.1) is 5.92 Å². The van der Waals surface area contributed by atoms with E-state index in [0.717, 1.165) is 6.42 Å². The molecule has 0 aromatic heterocycles. The fourth-order valence-corrected chi connectivity index (χ4v) is 4.43. The molecule has 0 radical (unpaired) electrons. The maximum Gasteiger partial charge on any atom is 0.420 e. The summed E-state index contributed by atoms with van der Waals surface area (Å²) in [7, 11) is 0. The molecular formula is C24H44O6. The van der Waals surface area contributed by atoms with Crippen LogP contribution < -0.4 is 0 Å². The summed E-state index contributed by atoms with van der Waals surface area (Å²) in [6.07, 6.45) is 1.53. The van der Waals surface area contributed by atoms with Crippen molar-refractivity contribution in [1.29, 1.82) is 0 Å². The molecule has 1 fully saturated rings. The van der Waals surface area contributed by atoms with Crippen LogP contribution in [0, 0.1) is 39.9 Å². The van der Waals surface area contributed by atoms with Gasteiger partial charge in [0.2, 0.25) is 0 Å². The number of hydrogen-bond donors (Lipinski definition) is 0. The Morgan fingerprint density at radius 2 is 1.27 bits per heavy atom. The van der Waals surface area contributed by atoms with Crippen LogP contribution in [0.3, 0.4) is 0 Å². The fourth-order valence-electron chi connectivity index (χ4n) is 4.43. The summed E-state index contributed by atoms with van der Waals surface area (Å²) in [5.41, 5.74) is -0.296. The molecular weight excluding hydrogens is 384 g/mol. The first-order valence-corrected chi connectivity index (χ1v) is 11.1. The van der Waals surface area contributed by atoms with E-state index in [4.69, 9.17) is 19.6 Å². The monoisotopic (exact) mass is 428 g/mol. The van der Waals surface area contributed by atoms with Crippen molar-refractivity contribution in [2.75, 3.05) is 0 Å². The van der Waals surface area contributed by atoms with Crippen molar-refractivity contribution in [3.63, 3.8) is 0 Å². The molecule has 1 aliphatic rings. The van der Waals surface area contributed by atoms with Gasteiger partial charge in [-0.3, -0.25) is 0 Å². The Kier molecular flexibility index (Phi) is 8.21. The van der Waals surface area contributed by atoms with Crippen LogP contribution >= 0.6 is 0 Å². The van der Waals surface area contributed by atoms with E-state index in [0.29, 0.717) is 6.42 Å². The lowest BCUT2D eigenvalue weighted by Gasteiger charge is -2.40. The van der Waals surface area contributed by atoms with Gasteiger partial charge in [0.15, 0.2) is 0 Å². The molecule has 1 aliphatic heterocycles. The van der Waals surface area contributed by atoms with Crippen molar-refractivity contribution < 1.29 is 29.1 Å². The summed E-state index contributed by atoms with van der Waals surface area (Å²) in [5, 5.41) is 0. The van der Waals surface area contributed by atoms with E-state index in [1.807, 2.05) is 6.92 Å². The van der Waals surface area contributed by atoms with Gasteiger partial charge in [-0.2, -0.15) is 9.78 Å². The smallest absolute Gasteiger partial charge is 0.247 e. The maximum atomic E-state index is 13.1. The van der Waals surface area contributed by atoms with Gasteiger partial charge in [-0.15, -0.1) is 0 Å². The Morgan fingerprint density at radius 1 is 0.800 bits per heavy atom. The lowest BCUT2D eigenvalue weighted by Crippen LogP contribution is -2.42. The first-order chi connectivity index (χ1) is 13.3. The molecule has 0 N–H and O–H groups in total. The molecule has 6 nitrogen and oxygen atoms in total. The van der Waals surface area contributed by atoms with Gasteiger partial charge in [-0.25, -0.2) is 19.4 Å². The van der Waals surface area contributed by atoms with Crippen LogP contribution in [0.15, 0.2) is 0 Å².